The summed E-state index contributed by atoms with van der Waals surface area (Å²) in [5, 5.41) is 13.6. The molecule has 2 aromatic carbocycles. The molecule has 3 rings (SSSR count). The molecule has 0 saturated heterocycles. The summed E-state index contributed by atoms with van der Waals surface area (Å²) >= 11 is 0. The number of fused-ring (bicyclic) bond motifs is 3. The summed E-state index contributed by atoms with van der Waals surface area (Å²) in [7, 11) is 0. The highest BCUT2D eigenvalue weighted by Crippen LogP contribution is 2.44. The van der Waals surface area contributed by atoms with Gasteiger partial charge < -0.3 is 20.5 Å². The van der Waals surface area contributed by atoms with Gasteiger partial charge in [-0.1, -0.05) is 55.5 Å². The Kier molecular flexibility index (Phi) is 5.93. The van der Waals surface area contributed by atoms with Crippen molar-refractivity contribution in [1.29, 1.82) is 0 Å². The molecule has 7 heteroatoms. The molecule has 1 atom stereocenters. The van der Waals surface area contributed by atoms with Gasteiger partial charge in [0.1, 0.15) is 19.2 Å². The van der Waals surface area contributed by atoms with Gasteiger partial charge in [0, 0.05) is 5.92 Å². The zero-order valence-electron chi connectivity index (χ0n) is 15.5. The fourth-order valence-electron chi connectivity index (χ4n) is 3.39. The van der Waals surface area contributed by atoms with Crippen LogP contribution in [0.2, 0.25) is 0 Å². The maximum atomic E-state index is 12.0. The number of aliphatic carboxylic acids is 1. The highest BCUT2D eigenvalue weighted by molar-refractivity contribution is 5.86. The fraction of sp³-hybridized carbons (Fsp3) is 0.286. The largest absolute Gasteiger partial charge is 0.480 e. The zero-order valence-corrected chi connectivity index (χ0v) is 15.5. The first kappa shape index (κ1) is 19.4. The second-order valence-electron chi connectivity index (χ2n) is 6.55. The predicted molar refractivity (Wildman–Crippen MR) is 103 cm³/mol. The van der Waals surface area contributed by atoms with E-state index in [0.29, 0.717) is 0 Å². The number of carbonyl (C=O) groups excluding carboxylic acids is 2. The monoisotopic (exact) mass is 382 g/mol. The van der Waals surface area contributed by atoms with Crippen molar-refractivity contribution in [3.8, 4) is 11.1 Å². The normalized spacial score (nSPS) is 13.2. The first-order valence-corrected chi connectivity index (χ1v) is 9.12. The van der Waals surface area contributed by atoms with Gasteiger partial charge in [0.05, 0.1) is 0 Å². The summed E-state index contributed by atoms with van der Waals surface area (Å²) in [6.45, 7) is 1.45. The van der Waals surface area contributed by atoms with Gasteiger partial charge >= 0.3 is 12.1 Å². The van der Waals surface area contributed by atoms with Crippen LogP contribution in [0.25, 0.3) is 11.1 Å². The molecular weight excluding hydrogens is 360 g/mol. The highest BCUT2D eigenvalue weighted by atomic mass is 16.5. The number of amides is 2. The number of nitrogens with one attached hydrogen (secondary N) is 2. The van der Waals surface area contributed by atoms with E-state index in [1.807, 2.05) is 48.5 Å². The number of benzene rings is 2. The molecule has 7 nitrogen and oxygen atoms in total. The minimum atomic E-state index is -1.11. The smallest absolute Gasteiger partial charge is 0.407 e. The molecule has 0 unspecified atom stereocenters. The quantitative estimate of drug-likeness (QED) is 0.682. The van der Waals surface area contributed by atoms with Gasteiger partial charge in [-0.3, -0.25) is 4.79 Å². The van der Waals surface area contributed by atoms with Crippen molar-refractivity contribution in [2.45, 2.75) is 25.3 Å². The molecule has 1 aliphatic carbocycles. The number of hydrogen-bond donors (Lipinski definition) is 3. The van der Waals surface area contributed by atoms with Gasteiger partial charge in [-0.05, 0) is 28.7 Å². The van der Waals surface area contributed by atoms with Crippen molar-refractivity contribution < 1.29 is 24.2 Å². The number of hydrogen-bond acceptors (Lipinski definition) is 4. The molecule has 3 N–H and O–H groups in total. The highest BCUT2D eigenvalue weighted by Gasteiger charge is 2.29. The Balaban J connectivity index is 1.55. The maximum Gasteiger partial charge on any atom is 0.407 e. The van der Waals surface area contributed by atoms with Crippen LogP contribution >= 0.6 is 0 Å². The molecule has 0 bridgehead atoms. The molecule has 0 aromatic heterocycles. The van der Waals surface area contributed by atoms with Crippen molar-refractivity contribution in [3.63, 3.8) is 0 Å². The van der Waals surface area contributed by atoms with E-state index in [-0.39, 0.29) is 25.5 Å². The lowest BCUT2D eigenvalue weighted by molar-refractivity contribution is -0.141. The molecular formula is C21H22N2O5. The number of carbonyl (C=O) groups is 3. The maximum absolute atomic E-state index is 12.0. The third-order valence-electron chi connectivity index (χ3n) is 4.78. The van der Waals surface area contributed by atoms with Gasteiger partial charge in [0.2, 0.25) is 5.91 Å². The van der Waals surface area contributed by atoms with Gasteiger partial charge in [-0.2, -0.15) is 0 Å². The van der Waals surface area contributed by atoms with Gasteiger partial charge in [-0.25, -0.2) is 9.59 Å². The SMILES string of the molecule is CC[C@@H](NC(=O)CNC(=O)OCC1c2ccccc2-c2ccccc21)C(=O)O. The summed E-state index contributed by atoms with van der Waals surface area (Å²) in [5.41, 5.74) is 4.46. The molecule has 28 heavy (non-hydrogen) atoms. The first-order valence-electron chi connectivity index (χ1n) is 9.12. The molecule has 0 heterocycles. The van der Waals surface area contributed by atoms with E-state index < -0.39 is 24.0 Å². The second kappa shape index (κ2) is 8.56. The van der Waals surface area contributed by atoms with E-state index in [1.54, 1.807) is 6.92 Å². The van der Waals surface area contributed by atoms with Crippen LogP contribution in [0, 0.1) is 0 Å². The number of carboxylic acid groups (broad SMARTS) is 1. The van der Waals surface area contributed by atoms with E-state index in [2.05, 4.69) is 10.6 Å². The Bertz CT molecular complexity index is 850. The minimum absolute atomic E-state index is 0.0662. The van der Waals surface area contributed by atoms with E-state index in [4.69, 9.17) is 9.84 Å². The predicted octanol–water partition coefficient (Wildman–Crippen LogP) is 2.50. The summed E-state index contributed by atoms with van der Waals surface area (Å²) in [5.74, 6) is -1.76. The molecule has 0 radical (unpaired) electrons. The summed E-state index contributed by atoms with van der Waals surface area (Å²) in [4.78, 5) is 34.7. The topological polar surface area (TPSA) is 105 Å². The molecule has 0 fully saturated rings. The van der Waals surface area contributed by atoms with Gasteiger partial charge in [0.25, 0.3) is 0 Å². The van der Waals surface area contributed by atoms with Crippen LogP contribution in [-0.4, -0.2) is 42.3 Å². The molecule has 0 saturated carbocycles. The van der Waals surface area contributed by atoms with Crippen LogP contribution in [0.1, 0.15) is 30.4 Å². The molecule has 0 aliphatic heterocycles. The Labute approximate surface area is 162 Å². The molecule has 2 aromatic rings. The van der Waals surface area contributed by atoms with Crippen LogP contribution in [0.4, 0.5) is 4.79 Å². The molecule has 0 spiro atoms. The summed E-state index contributed by atoms with van der Waals surface area (Å²) in [6.07, 6.45) is -0.466. The first-order chi connectivity index (χ1) is 13.5. The van der Waals surface area contributed by atoms with Crippen LogP contribution in [0.15, 0.2) is 48.5 Å². The van der Waals surface area contributed by atoms with Crippen molar-refractivity contribution in [2.75, 3.05) is 13.2 Å². The lowest BCUT2D eigenvalue weighted by Gasteiger charge is -2.15. The Morgan fingerprint density at radius 3 is 2.14 bits per heavy atom. The molecule has 1 aliphatic rings. The number of alkyl carbamates (subject to hydrolysis) is 1. The van der Waals surface area contributed by atoms with Crippen molar-refractivity contribution in [3.05, 3.63) is 59.7 Å². The van der Waals surface area contributed by atoms with Crippen LogP contribution < -0.4 is 10.6 Å². The van der Waals surface area contributed by atoms with Crippen LogP contribution in [-0.2, 0) is 14.3 Å². The lowest BCUT2D eigenvalue weighted by atomic mass is 9.98. The van der Waals surface area contributed by atoms with Crippen LogP contribution in [0.3, 0.4) is 0 Å². The van der Waals surface area contributed by atoms with Crippen molar-refractivity contribution >= 4 is 18.0 Å². The molecule has 2 amide bonds. The minimum Gasteiger partial charge on any atom is -0.480 e. The average Bonchev–Trinajstić information content (AvgIpc) is 3.02. The lowest BCUT2D eigenvalue weighted by Crippen LogP contribution is -2.45. The summed E-state index contributed by atoms with van der Waals surface area (Å²) in [6, 6.07) is 15.0. The van der Waals surface area contributed by atoms with E-state index in [1.165, 1.54) is 0 Å². The Hall–Kier alpha value is -3.35. The second-order valence-corrected chi connectivity index (χ2v) is 6.55. The van der Waals surface area contributed by atoms with Gasteiger partial charge in [-0.15, -0.1) is 0 Å². The summed E-state index contributed by atoms with van der Waals surface area (Å²) < 4.78 is 5.32. The van der Waals surface area contributed by atoms with E-state index in [9.17, 15) is 14.4 Å². The van der Waals surface area contributed by atoms with Crippen molar-refractivity contribution in [1.82, 2.24) is 10.6 Å². The van der Waals surface area contributed by atoms with E-state index >= 15 is 0 Å². The fourth-order valence-corrected chi connectivity index (χ4v) is 3.39. The number of ether oxygens (including phenoxy) is 1. The average molecular weight is 382 g/mol. The van der Waals surface area contributed by atoms with Gasteiger partial charge in [0.15, 0.2) is 0 Å². The third kappa shape index (κ3) is 4.14. The van der Waals surface area contributed by atoms with Crippen molar-refractivity contribution in [2.24, 2.45) is 0 Å². The standard InChI is InChI=1S/C21H22N2O5/c1-2-18(20(25)26)23-19(24)11-22-21(27)28-12-17-15-9-5-3-7-13(15)14-8-4-6-10-16(14)17/h3-10,17-18H,2,11-12H2,1H3,(H,22,27)(H,23,24)(H,25,26)/t18-/m1/s1. The third-order valence-corrected chi connectivity index (χ3v) is 4.78. The Morgan fingerprint density at radius 1 is 1.04 bits per heavy atom. The Morgan fingerprint density at radius 2 is 1.61 bits per heavy atom. The zero-order chi connectivity index (χ0) is 20.1. The molecule has 146 valence electrons. The van der Waals surface area contributed by atoms with E-state index in [0.717, 1.165) is 22.3 Å². The number of carboxylic acids is 1. The van der Waals surface area contributed by atoms with Crippen LogP contribution in [0.5, 0.6) is 0 Å². The number of rotatable bonds is 7.